The Hall–Kier alpha value is -4.92. The fourth-order valence-corrected chi connectivity index (χ4v) is 4.87. The van der Waals surface area contributed by atoms with Crippen molar-refractivity contribution in [3.05, 3.63) is 142 Å². The lowest BCUT2D eigenvalue weighted by atomic mass is 10.0. The van der Waals surface area contributed by atoms with Crippen LogP contribution in [-0.4, -0.2) is 11.1 Å². The number of hydrogen-bond donors (Lipinski definition) is 1. The molecule has 5 heteroatoms. The van der Waals surface area contributed by atoms with E-state index in [0.717, 1.165) is 43.5 Å². The van der Waals surface area contributed by atoms with Crippen LogP contribution >= 0.6 is 11.3 Å². The molecule has 0 radical (unpaired) electrons. The van der Waals surface area contributed by atoms with Crippen molar-refractivity contribution in [1.29, 1.82) is 5.26 Å². The van der Waals surface area contributed by atoms with Crippen LogP contribution in [0.15, 0.2) is 120 Å². The Morgan fingerprint density at radius 3 is 1.92 bits per heavy atom. The number of rotatable bonds is 6. The summed E-state index contributed by atoms with van der Waals surface area (Å²) in [5.41, 5.74) is 4.46. The summed E-state index contributed by atoms with van der Waals surface area (Å²) in [5, 5.41) is 18.0. The highest BCUT2D eigenvalue weighted by molar-refractivity contribution is 7.16. The summed E-state index contributed by atoms with van der Waals surface area (Å²) < 4.78 is 6.29. The second-order valence-corrected chi connectivity index (χ2v) is 9.41. The van der Waals surface area contributed by atoms with Crippen molar-refractivity contribution >= 4 is 41.0 Å². The van der Waals surface area contributed by atoms with Crippen LogP contribution in [0.5, 0.6) is 0 Å². The number of ether oxygens (including phenoxy) is 1. The van der Waals surface area contributed by atoms with Gasteiger partial charge in [0.2, 0.25) is 0 Å². The molecule has 1 aliphatic heterocycles. The summed E-state index contributed by atoms with van der Waals surface area (Å²) >= 11 is 1.67. The van der Waals surface area contributed by atoms with E-state index < -0.39 is 5.97 Å². The topological polar surface area (TPSA) is 70.3 Å². The SMILES string of the molecule is N#C/C(=C/c1ccc(-c2ccc(C=C3C=C(c4ccccc4)OC(c4ccccc4)=C3)s2)cc1)C(=O)O. The quantitative estimate of drug-likeness (QED) is 0.216. The Kier molecular flexibility index (Phi) is 6.93. The van der Waals surface area contributed by atoms with Crippen molar-refractivity contribution in [2.24, 2.45) is 0 Å². The summed E-state index contributed by atoms with van der Waals surface area (Å²) in [6.07, 6.45) is 7.62. The minimum atomic E-state index is -1.23. The van der Waals surface area contributed by atoms with E-state index in [-0.39, 0.29) is 5.57 Å². The molecule has 1 aromatic heterocycles. The van der Waals surface area contributed by atoms with Crippen molar-refractivity contribution in [2.75, 3.05) is 0 Å². The van der Waals surface area contributed by atoms with Crippen LogP contribution in [0, 0.1) is 11.3 Å². The predicted octanol–water partition coefficient (Wildman–Crippen LogP) is 7.90. The smallest absolute Gasteiger partial charge is 0.346 e. The molecule has 4 nitrogen and oxygen atoms in total. The van der Waals surface area contributed by atoms with Crippen molar-refractivity contribution in [2.45, 2.75) is 0 Å². The van der Waals surface area contributed by atoms with Crippen LogP contribution in [0.25, 0.3) is 34.1 Å². The van der Waals surface area contributed by atoms with Gasteiger partial charge in [-0.3, -0.25) is 0 Å². The lowest BCUT2D eigenvalue weighted by Gasteiger charge is -2.19. The molecule has 3 aromatic carbocycles. The molecule has 0 amide bonds. The van der Waals surface area contributed by atoms with Crippen LogP contribution < -0.4 is 0 Å². The fourth-order valence-electron chi connectivity index (χ4n) is 3.90. The van der Waals surface area contributed by atoms with Crippen molar-refractivity contribution < 1.29 is 14.6 Å². The maximum atomic E-state index is 11.1. The predicted molar refractivity (Wildman–Crippen MR) is 149 cm³/mol. The highest BCUT2D eigenvalue weighted by atomic mass is 32.1. The largest absolute Gasteiger partial charge is 0.477 e. The van der Waals surface area contributed by atoms with Gasteiger partial charge in [-0.2, -0.15) is 5.26 Å². The number of carboxylic acids is 1. The van der Waals surface area contributed by atoms with Gasteiger partial charge < -0.3 is 9.84 Å². The Labute approximate surface area is 219 Å². The van der Waals surface area contributed by atoms with E-state index in [2.05, 4.69) is 30.4 Å². The molecule has 0 bridgehead atoms. The second kappa shape index (κ2) is 10.8. The summed E-state index contributed by atoms with van der Waals surface area (Å²) in [7, 11) is 0. The first-order valence-electron chi connectivity index (χ1n) is 11.6. The first kappa shape index (κ1) is 23.8. The average Bonchev–Trinajstić information content (AvgIpc) is 3.41. The number of aliphatic carboxylic acids is 1. The Morgan fingerprint density at radius 1 is 0.784 bits per heavy atom. The van der Waals surface area contributed by atoms with Gasteiger partial charge in [0.05, 0.1) is 0 Å². The highest BCUT2D eigenvalue weighted by Gasteiger charge is 2.15. The first-order valence-corrected chi connectivity index (χ1v) is 12.4. The second-order valence-electron chi connectivity index (χ2n) is 8.29. The van der Waals surface area contributed by atoms with Gasteiger partial charge in [0.25, 0.3) is 0 Å². The summed E-state index contributed by atoms with van der Waals surface area (Å²) in [5.74, 6) is 0.364. The lowest BCUT2D eigenvalue weighted by Crippen LogP contribution is -1.99. The zero-order valence-corrected chi connectivity index (χ0v) is 20.5. The Balaban J connectivity index is 1.45. The molecule has 4 aromatic rings. The molecule has 5 rings (SSSR count). The van der Waals surface area contributed by atoms with E-state index in [1.54, 1.807) is 17.4 Å². The molecular formula is C32H21NO3S. The van der Waals surface area contributed by atoms with Crippen LogP contribution in [0.3, 0.4) is 0 Å². The van der Waals surface area contributed by atoms with Gasteiger partial charge in [0, 0.05) is 20.9 Å². The maximum absolute atomic E-state index is 11.1. The van der Waals surface area contributed by atoms with Gasteiger partial charge in [0.15, 0.2) is 0 Å². The van der Waals surface area contributed by atoms with E-state index in [9.17, 15) is 4.79 Å². The minimum Gasteiger partial charge on any atom is -0.477 e. The number of nitrogens with zero attached hydrogens (tertiary/aromatic N) is 1. The van der Waals surface area contributed by atoms with Gasteiger partial charge in [-0.05, 0) is 53.1 Å². The van der Waals surface area contributed by atoms with Crippen LogP contribution in [0.4, 0.5) is 0 Å². The van der Waals surface area contributed by atoms with Gasteiger partial charge in [-0.1, -0.05) is 84.9 Å². The lowest BCUT2D eigenvalue weighted by molar-refractivity contribution is -0.132. The highest BCUT2D eigenvalue weighted by Crippen LogP contribution is 2.35. The molecule has 0 atom stereocenters. The number of nitriles is 1. The van der Waals surface area contributed by atoms with Gasteiger partial charge >= 0.3 is 5.97 Å². The Morgan fingerprint density at radius 2 is 1.38 bits per heavy atom. The normalized spacial score (nSPS) is 13.2. The summed E-state index contributed by atoms with van der Waals surface area (Å²) in [6.45, 7) is 0. The molecule has 2 heterocycles. The van der Waals surface area contributed by atoms with Crippen LogP contribution in [-0.2, 0) is 9.53 Å². The number of thiophene rings is 1. The third-order valence-electron chi connectivity index (χ3n) is 5.72. The Bertz CT molecular complexity index is 1540. The van der Waals surface area contributed by atoms with E-state index in [4.69, 9.17) is 15.1 Å². The maximum Gasteiger partial charge on any atom is 0.346 e. The molecular weight excluding hydrogens is 478 g/mol. The van der Waals surface area contributed by atoms with Gasteiger partial charge in [-0.15, -0.1) is 11.3 Å². The van der Waals surface area contributed by atoms with Crippen molar-refractivity contribution in [3.8, 4) is 16.5 Å². The van der Waals surface area contributed by atoms with E-state index >= 15 is 0 Å². The number of carboxylic acid groups (broad SMARTS) is 1. The molecule has 0 aliphatic carbocycles. The van der Waals surface area contributed by atoms with E-state index in [0.29, 0.717) is 5.56 Å². The van der Waals surface area contributed by atoms with Crippen LogP contribution in [0.2, 0.25) is 0 Å². The zero-order valence-electron chi connectivity index (χ0n) is 19.7. The molecule has 0 fully saturated rings. The average molecular weight is 500 g/mol. The molecule has 0 spiro atoms. The molecule has 0 saturated heterocycles. The minimum absolute atomic E-state index is 0.292. The summed E-state index contributed by atoms with van der Waals surface area (Å²) in [6, 6.07) is 33.5. The third-order valence-corrected chi connectivity index (χ3v) is 6.81. The number of benzene rings is 3. The van der Waals surface area contributed by atoms with E-state index in [1.807, 2.05) is 84.9 Å². The number of carbonyl (C=O) groups is 1. The summed E-state index contributed by atoms with van der Waals surface area (Å²) in [4.78, 5) is 13.3. The fraction of sp³-hybridized carbons (Fsp3) is 0. The molecule has 0 saturated carbocycles. The van der Waals surface area contributed by atoms with Crippen molar-refractivity contribution in [3.63, 3.8) is 0 Å². The first-order chi connectivity index (χ1) is 18.1. The number of allylic oxidation sites excluding steroid dienone is 3. The zero-order chi connectivity index (χ0) is 25.6. The van der Waals surface area contributed by atoms with Gasteiger partial charge in [-0.25, -0.2) is 4.79 Å². The van der Waals surface area contributed by atoms with E-state index in [1.165, 1.54) is 6.08 Å². The third kappa shape index (κ3) is 5.67. The van der Waals surface area contributed by atoms with Crippen LogP contribution in [0.1, 0.15) is 21.6 Å². The molecule has 37 heavy (non-hydrogen) atoms. The molecule has 0 unspecified atom stereocenters. The number of hydrogen-bond acceptors (Lipinski definition) is 4. The molecule has 1 N–H and O–H groups in total. The monoisotopic (exact) mass is 499 g/mol. The van der Waals surface area contributed by atoms with Crippen molar-refractivity contribution in [1.82, 2.24) is 0 Å². The van der Waals surface area contributed by atoms with Gasteiger partial charge in [0.1, 0.15) is 23.2 Å². The standard InChI is InChI=1S/C32H21NO3S/c33-21-27(32(34)35)17-22-11-13-26(14-12-22)31-16-15-28(37-31)18-23-19-29(24-7-3-1-4-8-24)36-30(20-23)25-9-5-2-6-10-25/h1-20H,(H,34,35)/b27-17-. The molecule has 178 valence electrons. The molecule has 1 aliphatic rings.